The van der Waals surface area contributed by atoms with Crippen LogP contribution in [0.4, 0.5) is 0 Å². The average molecular weight is 202 g/mol. The molecule has 15 heavy (non-hydrogen) atoms. The van der Waals surface area contributed by atoms with Gasteiger partial charge in [-0.25, -0.2) is 0 Å². The van der Waals surface area contributed by atoms with Crippen molar-refractivity contribution in [3.8, 4) is 0 Å². The van der Waals surface area contributed by atoms with Gasteiger partial charge < -0.3 is 0 Å². The minimum atomic E-state index is 0.626. The van der Waals surface area contributed by atoms with Crippen LogP contribution in [0.1, 0.15) is 44.2 Å². The highest BCUT2D eigenvalue weighted by Crippen LogP contribution is 2.19. The van der Waals surface area contributed by atoms with Crippen LogP contribution in [0, 0.1) is 12.8 Å². The topological polar surface area (TPSA) is 0 Å². The van der Waals surface area contributed by atoms with Crippen molar-refractivity contribution >= 4 is 0 Å². The smallest absolute Gasteiger partial charge is 0.0156 e. The van der Waals surface area contributed by atoms with Crippen molar-refractivity contribution in [3.05, 3.63) is 47.5 Å². The first-order chi connectivity index (χ1) is 7.09. The quantitative estimate of drug-likeness (QED) is 0.621. The van der Waals surface area contributed by atoms with E-state index in [0.717, 1.165) is 6.42 Å². The lowest BCUT2D eigenvalue weighted by molar-refractivity contribution is 0.762. The number of hydrogen-bond donors (Lipinski definition) is 0. The summed E-state index contributed by atoms with van der Waals surface area (Å²) in [5.41, 5.74) is 2.78. The second-order valence-electron chi connectivity index (χ2n) is 4.72. The number of rotatable bonds is 4. The van der Waals surface area contributed by atoms with E-state index in [9.17, 15) is 0 Å². The zero-order valence-electron chi connectivity index (χ0n) is 10.3. The number of hydrogen-bond acceptors (Lipinski definition) is 0. The molecular weight excluding hydrogens is 180 g/mol. The Morgan fingerprint density at radius 1 is 1.07 bits per heavy atom. The molecule has 1 atom stereocenters. The maximum atomic E-state index is 2.30. The van der Waals surface area contributed by atoms with Gasteiger partial charge >= 0.3 is 0 Å². The molecule has 0 N–H and O–H groups in total. The molecule has 0 spiro atoms. The molecule has 0 aromatic heterocycles. The highest BCUT2D eigenvalue weighted by molar-refractivity contribution is 5.24. The first-order valence-corrected chi connectivity index (χ1v) is 5.83. The summed E-state index contributed by atoms with van der Waals surface area (Å²) in [5, 5.41) is 0. The van der Waals surface area contributed by atoms with Crippen LogP contribution >= 0.6 is 0 Å². The summed E-state index contributed by atoms with van der Waals surface area (Å²) in [5.74, 6) is 1.29. The van der Waals surface area contributed by atoms with Crippen molar-refractivity contribution in [2.75, 3.05) is 0 Å². The summed E-state index contributed by atoms with van der Waals surface area (Å²) in [7, 11) is 0. The SMILES string of the molecule is Cc1ccc([C@H](C)CC=CC(C)C)cc1. The Labute approximate surface area is 94.0 Å². The van der Waals surface area contributed by atoms with Crippen LogP contribution in [0.15, 0.2) is 36.4 Å². The highest BCUT2D eigenvalue weighted by Gasteiger charge is 2.02. The van der Waals surface area contributed by atoms with Crippen LogP contribution < -0.4 is 0 Å². The monoisotopic (exact) mass is 202 g/mol. The fraction of sp³-hybridized carbons (Fsp3) is 0.467. The van der Waals surface area contributed by atoms with Crippen LogP contribution in [0.2, 0.25) is 0 Å². The van der Waals surface area contributed by atoms with Gasteiger partial charge in [-0.3, -0.25) is 0 Å². The molecular formula is C15H22. The third kappa shape index (κ3) is 4.33. The summed E-state index contributed by atoms with van der Waals surface area (Å²) < 4.78 is 0. The normalized spacial score (nSPS) is 13.7. The molecule has 1 aromatic carbocycles. The fourth-order valence-corrected chi connectivity index (χ4v) is 1.59. The lowest BCUT2D eigenvalue weighted by atomic mass is 9.96. The Balaban J connectivity index is 2.53. The molecule has 0 amide bonds. The Morgan fingerprint density at radius 3 is 2.20 bits per heavy atom. The molecule has 82 valence electrons. The molecule has 0 saturated heterocycles. The molecule has 1 aromatic rings. The fourth-order valence-electron chi connectivity index (χ4n) is 1.59. The van der Waals surface area contributed by atoms with E-state index < -0.39 is 0 Å². The predicted molar refractivity (Wildman–Crippen MR) is 68.2 cm³/mol. The van der Waals surface area contributed by atoms with Gasteiger partial charge in [-0.1, -0.05) is 62.8 Å². The van der Waals surface area contributed by atoms with E-state index in [2.05, 4.69) is 64.1 Å². The molecule has 0 heteroatoms. The molecule has 0 heterocycles. The van der Waals surface area contributed by atoms with Crippen LogP contribution in [-0.4, -0.2) is 0 Å². The lowest BCUT2D eigenvalue weighted by Gasteiger charge is -2.09. The average Bonchev–Trinajstić information content (AvgIpc) is 2.18. The van der Waals surface area contributed by atoms with Gasteiger partial charge in [-0.2, -0.15) is 0 Å². The van der Waals surface area contributed by atoms with Crippen molar-refractivity contribution in [2.24, 2.45) is 5.92 Å². The molecule has 0 aliphatic heterocycles. The van der Waals surface area contributed by atoms with Gasteiger partial charge in [0.25, 0.3) is 0 Å². The molecule has 0 aliphatic carbocycles. The van der Waals surface area contributed by atoms with Crippen LogP contribution in [0.25, 0.3) is 0 Å². The molecule has 1 rings (SSSR count). The molecule has 0 fully saturated rings. The van der Waals surface area contributed by atoms with E-state index in [4.69, 9.17) is 0 Å². The Hall–Kier alpha value is -1.04. The van der Waals surface area contributed by atoms with E-state index in [1.165, 1.54) is 11.1 Å². The van der Waals surface area contributed by atoms with Gasteiger partial charge in [0.15, 0.2) is 0 Å². The predicted octanol–water partition coefficient (Wildman–Crippen LogP) is 4.70. The van der Waals surface area contributed by atoms with Crippen molar-refractivity contribution in [1.82, 2.24) is 0 Å². The largest absolute Gasteiger partial charge is 0.0877 e. The van der Waals surface area contributed by atoms with Crippen LogP contribution in [0.3, 0.4) is 0 Å². The highest BCUT2D eigenvalue weighted by atomic mass is 14.1. The summed E-state index contributed by atoms with van der Waals surface area (Å²) in [6, 6.07) is 8.86. The summed E-state index contributed by atoms with van der Waals surface area (Å²) >= 11 is 0. The summed E-state index contributed by atoms with van der Waals surface area (Å²) in [4.78, 5) is 0. The minimum Gasteiger partial charge on any atom is -0.0877 e. The standard InChI is InChI=1S/C15H22/c1-12(2)6-5-7-14(4)15-10-8-13(3)9-11-15/h5-6,8-12,14H,7H2,1-4H3/t14-/m1/s1. The van der Waals surface area contributed by atoms with Gasteiger partial charge in [0, 0.05) is 0 Å². The third-order valence-corrected chi connectivity index (χ3v) is 2.66. The van der Waals surface area contributed by atoms with Crippen molar-refractivity contribution < 1.29 is 0 Å². The molecule has 0 radical (unpaired) electrons. The first kappa shape index (κ1) is 12.0. The van der Waals surface area contributed by atoms with E-state index in [1.807, 2.05) is 0 Å². The Bertz CT molecular complexity index is 303. The van der Waals surface area contributed by atoms with Gasteiger partial charge in [0.05, 0.1) is 0 Å². The van der Waals surface area contributed by atoms with Gasteiger partial charge in [-0.15, -0.1) is 0 Å². The zero-order chi connectivity index (χ0) is 11.3. The van der Waals surface area contributed by atoms with E-state index in [0.29, 0.717) is 11.8 Å². The summed E-state index contributed by atoms with van der Waals surface area (Å²) in [6.07, 6.45) is 5.72. The van der Waals surface area contributed by atoms with Gasteiger partial charge in [0.1, 0.15) is 0 Å². The second kappa shape index (κ2) is 5.75. The number of allylic oxidation sites excluding steroid dienone is 2. The first-order valence-electron chi connectivity index (χ1n) is 5.83. The van der Waals surface area contributed by atoms with Gasteiger partial charge in [0.2, 0.25) is 0 Å². The minimum absolute atomic E-state index is 0.626. The van der Waals surface area contributed by atoms with Crippen molar-refractivity contribution in [1.29, 1.82) is 0 Å². The lowest BCUT2D eigenvalue weighted by Crippen LogP contribution is -1.91. The van der Waals surface area contributed by atoms with Crippen LogP contribution in [-0.2, 0) is 0 Å². The van der Waals surface area contributed by atoms with E-state index in [-0.39, 0.29) is 0 Å². The number of aryl methyl sites for hydroxylation is 1. The maximum Gasteiger partial charge on any atom is -0.0156 e. The number of benzene rings is 1. The second-order valence-corrected chi connectivity index (χ2v) is 4.72. The third-order valence-electron chi connectivity index (χ3n) is 2.66. The Kier molecular flexibility index (Phi) is 4.61. The molecule has 0 aliphatic rings. The van der Waals surface area contributed by atoms with Crippen molar-refractivity contribution in [3.63, 3.8) is 0 Å². The molecule has 0 bridgehead atoms. The van der Waals surface area contributed by atoms with E-state index in [1.54, 1.807) is 0 Å². The van der Waals surface area contributed by atoms with Crippen molar-refractivity contribution in [2.45, 2.75) is 40.0 Å². The maximum absolute atomic E-state index is 2.30. The zero-order valence-corrected chi connectivity index (χ0v) is 10.3. The molecule has 0 unspecified atom stereocenters. The Morgan fingerprint density at radius 2 is 1.67 bits per heavy atom. The van der Waals surface area contributed by atoms with Gasteiger partial charge in [-0.05, 0) is 30.7 Å². The van der Waals surface area contributed by atoms with Crippen LogP contribution in [0.5, 0.6) is 0 Å². The summed E-state index contributed by atoms with van der Waals surface area (Å²) in [6.45, 7) is 8.85. The van der Waals surface area contributed by atoms with E-state index >= 15 is 0 Å². The molecule has 0 nitrogen and oxygen atoms in total. The molecule has 0 saturated carbocycles.